The number of halogens is 1. The summed E-state index contributed by atoms with van der Waals surface area (Å²) in [6, 6.07) is 4.08. The summed E-state index contributed by atoms with van der Waals surface area (Å²) in [6.45, 7) is 4.93. The van der Waals surface area contributed by atoms with E-state index in [1.165, 1.54) is 0 Å². The van der Waals surface area contributed by atoms with Gasteiger partial charge in [-0.2, -0.15) is 0 Å². The lowest BCUT2D eigenvalue weighted by Crippen LogP contribution is -2.45. The molecule has 3 fully saturated rings. The van der Waals surface area contributed by atoms with Gasteiger partial charge in [0.15, 0.2) is 11.5 Å². The lowest BCUT2D eigenvalue weighted by molar-refractivity contribution is -0.138. The van der Waals surface area contributed by atoms with E-state index in [-0.39, 0.29) is 11.8 Å². The number of benzene rings is 1. The molecule has 0 aliphatic carbocycles. The van der Waals surface area contributed by atoms with Crippen LogP contribution in [0, 0.1) is 5.92 Å². The fraction of sp³-hybridized carbons (Fsp3) is 0.611. The van der Waals surface area contributed by atoms with Crippen molar-refractivity contribution in [2.24, 2.45) is 5.92 Å². The second-order valence-corrected chi connectivity index (χ2v) is 7.01. The van der Waals surface area contributed by atoms with E-state index in [2.05, 4.69) is 4.90 Å². The van der Waals surface area contributed by atoms with E-state index in [0.29, 0.717) is 29.2 Å². The lowest BCUT2D eigenvalue weighted by atomic mass is 9.95. The average molecular weight is 353 g/mol. The van der Waals surface area contributed by atoms with Gasteiger partial charge in [0, 0.05) is 43.8 Å². The number of piperidine rings is 1. The van der Waals surface area contributed by atoms with Crippen LogP contribution in [-0.4, -0.2) is 55.6 Å². The smallest absolute Gasteiger partial charge is 0.227 e. The number of hydrogen-bond donors (Lipinski definition) is 0. The normalized spacial score (nSPS) is 24.2. The van der Waals surface area contributed by atoms with Crippen molar-refractivity contribution in [2.75, 3.05) is 33.9 Å². The Morgan fingerprint density at radius 1 is 1.25 bits per heavy atom. The van der Waals surface area contributed by atoms with E-state index < -0.39 is 0 Å². The molecule has 6 heteroatoms. The predicted octanol–water partition coefficient (Wildman–Crippen LogP) is 2.80. The van der Waals surface area contributed by atoms with Crippen LogP contribution in [0.1, 0.15) is 25.3 Å². The van der Waals surface area contributed by atoms with Crippen molar-refractivity contribution in [2.45, 2.75) is 32.4 Å². The highest BCUT2D eigenvalue weighted by Crippen LogP contribution is 2.35. The van der Waals surface area contributed by atoms with Crippen LogP contribution >= 0.6 is 11.6 Å². The number of carbonyl (C=O) groups is 1. The molecule has 0 aromatic heterocycles. The van der Waals surface area contributed by atoms with Crippen LogP contribution in [0.2, 0.25) is 5.02 Å². The molecule has 0 saturated carbocycles. The summed E-state index contributed by atoms with van der Waals surface area (Å²) in [5.74, 6) is 1.75. The summed E-state index contributed by atoms with van der Waals surface area (Å²) in [5, 5.41) is 0.673. The second-order valence-electron chi connectivity index (χ2n) is 6.60. The zero-order chi connectivity index (χ0) is 17.3. The molecule has 1 aromatic rings. The molecule has 3 aliphatic heterocycles. The Hall–Kier alpha value is -1.46. The van der Waals surface area contributed by atoms with Crippen LogP contribution in [0.3, 0.4) is 0 Å². The number of amides is 1. The Balaban J connectivity index is 1.81. The quantitative estimate of drug-likeness (QED) is 0.817. The third-order valence-corrected chi connectivity index (χ3v) is 5.42. The number of likely N-dealkylation sites (N-methyl/N-ethyl adjacent to an activating group) is 1. The Morgan fingerprint density at radius 2 is 2.04 bits per heavy atom. The maximum atomic E-state index is 12.3. The van der Waals surface area contributed by atoms with Gasteiger partial charge in [0.05, 0.1) is 19.6 Å². The van der Waals surface area contributed by atoms with E-state index in [9.17, 15) is 4.79 Å². The van der Waals surface area contributed by atoms with Crippen LogP contribution in [0.4, 0.5) is 0 Å². The maximum absolute atomic E-state index is 12.3. The molecular weight excluding hydrogens is 328 g/mol. The van der Waals surface area contributed by atoms with E-state index in [1.807, 2.05) is 31.0 Å². The molecule has 132 valence electrons. The first kappa shape index (κ1) is 17.4. The zero-order valence-corrected chi connectivity index (χ0v) is 15.3. The Bertz CT molecular complexity index is 623. The van der Waals surface area contributed by atoms with Crippen LogP contribution in [0.5, 0.6) is 11.5 Å². The van der Waals surface area contributed by atoms with Crippen molar-refractivity contribution in [3.8, 4) is 11.5 Å². The molecule has 1 aromatic carbocycles. The van der Waals surface area contributed by atoms with Crippen molar-refractivity contribution in [3.63, 3.8) is 0 Å². The van der Waals surface area contributed by atoms with E-state index >= 15 is 0 Å². The summed E-state index contributed by atoms with van der Waals surface area (Å²) < 4.78 is 11.0. The van der Waals surface area contributed by atoms with Crippen LogP contribution in [0.15, 0.2) is 12.1 Å². The standard InChI is InChI=1S/C18H25ClN2O3/c1-4-24-17-7-13(15(19)8-16(17)23-3)10-21-9-12-5-6-14(11-21)20(2)18(12)22/h7-8,12,14H,4-6,9-11H2,1-3H3/t12-,14+/m1/s1. The fourth-order valence-corrected chi connectivity index (χ4v) is 3.96. The Kier molecular flexibility index (Phi) is 5.21. The number of hydrogen-bond acceptors (Lipinski definition) is 4. The van der Waals surface area contributed by atoms with Gasteiger partial charge in [-0.1, -0.05) is 11.6 Å². The summed E-state index contributed by atoms with van der Waals surface area (Å²) in [6.07, 6.45) is 2.08. The van der Waals surface area contributed by atoms with Crippen molar-refractivity contribution < 1.29 is 14.3 Å². The number of fused-ring (bicyclic) bond motifs is 4. The topological polar surface area (TPSA) is 42.0 Å². The van der Waals surface area contributed by atoms with Crippen LogP contribution in [0.25, 0.3) is 0 Å². The van der Waals surface area contributed by atoms with Gasteiger partial charge in [-0.05, 0) is 31.4 Å². The Labute approximate surface area is 148 Å². The summed E-state index contributed by atoms with van der Waals surface area (Å²) in [4.78, 5) is 16.6. The van der Waals surface area contributed by atoms with Gasteiger partial charge < -0.3 is 14.4 Å². The van der Waals surface area contributed by atoms with Gasteiger partial charge in [0.2, 0.25) is 5.91 Å². The van der Waals surface area contributed by atoms with E-state index in [1.54, 1.807) is 7.11 Å². The summed E-state index contributed by atoms with van der Waals surface area (Å²) >= 11 is 6.45. The SMILES string of the molecule is CCOc1cc(CN2C[C@H]3CC[C@@H](C2)N(C)C3=O)c(Cl)cc1OC. The highest BCUT2D eigenvalue weighted by atomic mass is 35.5. The van der Waals surface area contributed by atoms with E-state index in [4.69, 9.17) is 21.1 Å². The van der Waals surface area contributed by atoms with Crippen molar-refractivity contribution in [3.05, 3.63) is 22.7 Å². The van der Waals surface area contributed by atoms with Gasteiger partial charge in [-0.3, -0.25) is 9.69 Å². The van der Waals surface area contributed by atoms with Crippen LogP contribution in [-0.2, 0) is 11.3 Å². The highest BCUT2D eigenvalue weighted by molar-refractivity contribution is 6.31. The first-order valence-corrected chi connectivity index (χ1v) is 8.89. The number of carbonyl (C=O) groups excluding carboxylic acids is 1. The molecule has 2 atom stereocenters. The third-order valence-electron chi connectivity index (χ3n) is 5.07. The second kappa shape index (κ2) is 7.19. The number of ether oxygens (including phenoxy) is 2. The zero-order valence-electron chi connectivity index (χ0n) is 14.5. The minimum atomic E-state index is 0.108. The molecule has 2 bridgehead atoms. The first-order valence-electron chi connectivity index (χ1n) is 8.51. The monoisotopic (exact) mass is 352 g/mol. The molecule has 4 rings (SSSR count). The lowest BCUT2D eigenvalue weighted by Gasteiger charge is -2.32. The third kappa shape index (κ3) is 3.33. The molecule has 0 unspecified atom stereocenters. The van der Waals surface area contributed by atoms with Crippen molar-refractivity contribution >= 4 is 17.5 Å². The number of nitrogens with zero attached hydrogens (tertiary/aromatic N) is 2. The van der Waals surface area contributed by atoms with Gasteiger partial charge in [-0.25, -0.2) is 0 Å². The fourth-order valence-electron chi connectivity index (χ4n) is 3.74. The molecule has 0 radical (unpaired) electrons. The van der Waals surface area contributed by atoms with Gasteiger partial charge >= 0.3 is 0 Å². The average Bonchev–Trinajstić information content (AvgIpc) is 2.83. The number of methoxy groups -OCH3 is 1. The molecule has 0 spiro atoms. The molecule has 3 heterocycles. The molecule has 5 nitrogen and oxygen atoms in total. The molecule has 0 N–H and O–H groups in total. The van der Waals surface area contributed by atoms with Gasteiger partial charge in [0.25, 0.3) is 0 Å². The molecular formula is C18H25ClN2O3. The van der Waals surface area contributed by atoms with Crippen molar-refractivity contribution in [1.82, 2.24) is 9.80 Å². The first-order chi connectivity index (χ1) is 11.5. The predicted molar refractivity (Wildman–Crippen MR) is 93.7 cm³/mol. The Morgan fingerprint density at radius 3 is 2.75 bits per heavy atom. The minimum Gasteiger partial charge on any atom is -0.493 e. The van der Waals surface area contributed by atoms with Crippen molar-refractivity contribution in [1.29, 1.82) is 0 Å². The molecule has 3 saturated heterocycles. The molecule has 1 amide bonds. The largest absolute Gasteiger partial charge is 0.493 e. The van der Waals surface area contributed by atoms with Gasteiger partial charge in [0.1, 0.15) is 0 Å². The summed E-state index contributed by atoms with van der Waals surface area (Å²) in [7, 11) is 3.54. The summed E-state index contributed by atoms with van der Waals surface area (Å²) in [5.41, 5.74) is 1.01. The minimum absolute atomic E-state index is 0.108. The highest BCUT2D eigenvalue weighted by Gasteiger charge is 2.38. The van der Waals surface area contributed by atoms with E-state index in [0.717, 1.165) is 38.0 Å². The molecule has 3 aliphatic rings. The van der Waals surface area contributed by atoms with Gasteiger partial charge in [-0.15, -0.1) is 0 Å². The number of rotatable bonds is 5. The molecule has 24 heavy (non-hydrogen) atoms. The maximum Gasteiger partial charge on any atom is 0.227 e. The van der Waals surface area contributed by atoms with Crippen LogP contribution < -0.4 is 9.47 Å².